The molecule has 0 saturated carbocycles. The van der Waals surface area contributed by atoms with Crippen molar-refractivity contribution in [2.24, 2.45) is 0 Å². The first-order valence-corrected chi connectivity index (χ1v) is 6.33. The van der Waals surface area contributed by atoms with Gasteiger partial charge < -0.3 is 10.1 Å². The molecule has 1 atom stereocenters. The zero-order chi connectivity index (χ0) is 14.0. The third-order valence-electron chi connectivity index (χ3n) is 3.07. The van der Waals surface area contributed by atoms with Crippen LogP contribution in [0.15, 0.2) is 0 Å². The van der Waals surface area contributed by atoms with Gasteiger partial charge in [-0.2, -0.15) is 4.98 Å². The number of ether oxygens (including phenoxy) is 1. The molecule has 1 fully saturated rings. The van der Waals surface area contributed by atoms with E-state index >= 15 is 0 Å². The molecule has 0 spiro atoms. The zero-order valence-electron chi connectivity index (χ0n) is 10.8. The van der Waals surface area contributed by atoms with Crippen molar-refractivity contribution in [2.75, 3.05) is 18.5 Å². The van der Waals surface area contributed by atoms with Crippen LogP contribution in [0.3, 0.4) is 0 Å². The van der Waals surface area contributed by atoms with Gasteiger partial charge in [-0.3, -0.25) is 10.1 Å². The molecule has 7 nitrogen and oxygen atoms in total. The summed E-state index contributed by atoms with van der Waals surface area (Å²) >= 11 is 5.77. The minimum absolute atomic E-state index is 0.00840. The maximum Gasteiger partial charge on any atom is 0.332 e. The maximum absolute atomic E-state index is 11.1. The molecule has 2 heterocycles. The predicted octanol–water partition coefficient (Wildman–Crippen LogP) is 2.33. The third-order valence-corrected chi connectivity index (χ3v) is 3.24. The number of anilines is 1. The van der Waals surface area contributed by atoms with Crippen molar-refractivity contribution in [3.05, 3.63) is 21.1 Å². The first-order chi connectivity index (χ1) is 8.91. The Morgan fingerprint density at radius 2 is 2.26 bits per heavy atom. The molecule has 8 heteroatoms. The molecule has 0 aliphatic carbocycles. The van der Waals surface area contributed by atoms with Gasteiger partial charge in [0.15, 0.2) is 0 Å². The highest BCUT2D eigenvalue weighted by Gasteiger charge is 2.32. The molecule has 2 rings (SSSR count). The van der Waals surface area contributed by atoms with Crippen LogP contribution in [0, 0.1) is 17.0 Å². The monoisotopic (exact) mass is 286 g/mol. The number of nitrogens with zero attached hydrogens (tertiary/aromatic N) is 3. The smallest absolute Gasteiger partial charge is 0.332 e. The molecule has 19 heavy (non-hydrogen) atoms. The van der Waals surface area contributed by atoms with Crippen LogP contribution in [0.5, 0.6) is 0 Å². The van der Waals surface area contributed by atoms with Crippen molar-refractivity contribution in [3.63, 3.8) is 0 Å². The molecule has 0 bridgehead atoms. The van der Waals surface area contributed by atoms with E-state index in [1.165, 1.54) is 6.92 Å². The van der Waals surface area contributed by atoms with Crippen LogP contribution in [0.1, 0.15) is 25.5 Å². The molecule has 0 amide bonds. The number of nitrogens with one attached hydrogen (secondary N) is 1. The zero-order valence-corrected chi connectivity index (χ0v) is 11.5. The first-order valence-electron chi connectivity index (χ1n) is 5.96. The summed E-state index contributed by atoms with van der Waals surface area (Å²) in [5.74, 6) is 0.149. The largest absolute Gasteiger partial charge is 0.379 e. The summed E-state index contributed by atoms with van der Waals surface area (Å²) in [5, 5.41) is 14.2. The van der Waals surface area contributed by atoms with E-state index < -0.39 is 4.92 Å². The predicted molar refractivity (Wildman–Crippen MR) is 70.5 cm³/mol. The highest BCUT2D eigenvalue weighted by molar-refractivity contribution is 6.28. The van der Waals surface area contributed by atoms with Gasteiger partial charge in [-0.25, -0.2) is 4.98 Å². The molecule has 1 aromatic heterocycles. The minimum atomic E-state index is -0.499. The van der Waals surface area contributed by atoms with Crippen molar-refractivity contribution in [3.8, 4) is 0 Å². The van der Waals surface area contributed by atoms with Gasteiger partial charge >= 0.3 is 5.69 Å². The standard InChI is InChI=1S/C11H15ClN4O3/c1-7-8(16(17)18)9(14-10(12)13-7)15-11(2)4-3-5-19-6-11/h3-6H2,1-2H3,(H,13,14,15). The van der Waals surface area contributed by atoms with Gasteiger partial charge in [0.25, 0.3) is 0 Å². The van der Waals surface area contributed by atoms with Crippen LogP contribution in [0.4, 0.5) is 11.5 Å². The summed E-state index contributed by atoms with van der Waals surface area (Å²) in [4.78, 5) is 18.4. The Bertz CT molecular complexity index is 503. The molecule has 1 aliphatic rings. The number of rotatable bonds is 3. The number of nitro groups is 1. The average Bonchev–Trinajstić information content (AvgIpc) is 2.27. The fourth-order valence-electron chi connectivity index (χ4n) is 2.16. The second-order valence-electron chi connectivity index (χ2n) is 4.87. The lowest BCUT2D eigenvalue weighted by atomic mass is 9.95. The molecule has 1 unspecified atom stereocenters. The lowest BCUT2D eigenvalue weighted by Crippen LogP contribution is -2.43. The fraction of sp³-hybridized carbons (Fsp3) is 0.636. The molecule has 0 radical (unpaired) electrons. The first kappa shape index (κ1) is 14.0. The van der Waals surface area contributed by atoms with E-state index in [1.807, 2.05) is 6.92 Å². The molecule has 1 saturated heterocycles. The lowest BCUT2D eigenvalue weighted by molar-refractivity contribution is -0.385. The molecule has 1 aromatic rings. The van der Waals surface area contributed by atoms with Crippen LogP contribution in [0.2, 0.25) is 5.28 Å². The van der Waals surface area contributed by atoms with Crippen molar-refractivity contribution >= 4 is 23.1 Å². The van der Waals surface area contributed by atoms with E-state index in [1.54, 1.807) is 0 Å². The quantitative estimate of drug-likeness (QED) is 0.521. The minimum Gasteiger partial charge on any atom is -0.379 e. The normalized spacial score (nSPS) is 23.1. The molecule has 1 N–H and O–H groups in total. The summed E-state index contributed by atoms with van der Waals surface area (Å²) in [6, 6.07) is 0. The molecular weight excluding hydrogens is 272 g/mol. The Kier molecular flexibility index (Phi) is 3.86. The topological polar surface area (TPSA) is 90.2 Å². The van der Waals surface area contributed by atoms with Gasteiger partial charge in [-0.15, -0.1) is 0 Å². The Hall–Kier alpha value is -1.47. The van der Waals surface area contributed by atoms with E-state index in [-0.39, 0.29) is 28.0 Å². The van der Waals surface area contributed by atoms with E-state index in [2.05, 4.69) is 15.3 Å². The Labute approximate surface area is 115 Å². The second kappa shape index (κ2) is 5.26. The van der Waals surface area contributed by atoms with Crippen molar-refractivity contribution in [1.29, 1.82) is 0 Å². The lowest BCUT2D eigenvalue weighted by Gasteiger charge is -2.34. The Balaban J connectivity index is 2.35. The van der Waals surface area contributed by atoms with E-state index in [0.717, 1.165) is 12.8 Å². The van der Waals surface area contributed by atoms with Gasteiger partial charge in [-0.1, -0.05) is 0 Å². The highest BCUT2D eigenvalue weighted by Crippen LogP contribution is 2.31. The number of aryl methyl sites for hydroxylation is 1. The Morgan fingerprint density at radius 3 is 2.84 bits per heavy atom. The van der Waals surface area contributed by atoms with Gasteiger partial charge in [0.2, 0.25) is 11.1 Å². The van der Waals surface area contributed by atoms with E-state index in [4.69, 9.17) is 16.3 Å². The summed E-state index contributed by atoms with van der Waals surface area (Å²) < 4.78 is 5.41. The van der Waals surface area contributed by atoms with Gasteiger partial charge in [-0.05, 0) is 38.3 Å². The number of hydrogen-bond acceptors (Lipinski definition) is 6. The summed E-state index contributed by atoms with van der Waals surface area (Å²) in [6.07, 6.45) is 1.75. The SMILES string of the molecule is Cc1nc(Cl)nc(NC2(C)CCCOC2)c1[N+](=O)[O-]. The molecule has 0 aromatic carbocycles. The average molecular weight is 287 g/mol. The summed E-state index contributed by atoms with van der Waals surface area (Å²) in [5.41, 5.74) is -0.281. The third kappa shape index (κ3) is 3.10. The number of aromatic nitrogens is 2. The highest BCUT2D eigenvalue weighted by atomic mass is 35.5. The molecule has 104 valence electrons. The van der Waals surface area contributed by atoms with Gasteiger partial charge in [0.1, 0.15) is 5.69 Å². The van der Waals surface area contributed by atoms with Crippen molar-refractivity contribution in [1.82, 2.24) is 9.97 Å². The van der Waals surface area contributed by atoms with Crippen molar-refractivity contribution < 1.29 is 9.66 Å². The second-order valence-corrected chi connectivity index (χ2v) is 5.21. The maximum atomic E-state index is 11.1. The van der Waals surface area contributed by atoms with Crippen LogP contribution < -0.4 is 5.32 Å². The van der Waals surface area contributed by atoms with E-state index in [0.29, 0.717) is 13.2 Å². The Morgan fingerprint density at radius 1 is 1.53 bits per heavy atom. The molecule has 1 aliphatic heterocycles. The van der Waals surface area contributed by atoms with Gasteiger partial charge in [0.05, 0.1) is 17.1 Å². The van der Waals surface area contributed by atoms with Crippen LogP contribution >= 0.6 is 11.6 Å². The number of hydrogen-bond donors (Lipinski definition) is 1. The summed E-state index contributed by atoms with van der Waals surface area (Å²) in [6.45, 7) is 4.67. The number of halogens is 1. The van der Waals surface area contributed by atoms with Crippen LogP contribution in [-0.2, 0) is 4.74 Å². The van der Waals surface area contributed by atoms with Crippen molar-refractivity contribution in [2.45, 2.75) is 32.2 Å². The molecular formula is C11H15ClN4O3. The fourth-order valence-corrected chi connectivity index (χ4v) is 2.37. The van der Waals surface area contributed by atoms with Gasteiger partial charge in [0, 0.05) is 6.61 Å². The van der Waals surface area contributed by atoms with E-state index in [9.17, 15) is 10.1 Å². The van der Waals surface area contributed by atoms with Crippen LogP contribution in [0.25, 0.3) is 0 Å². The summed E-state index contributed by atoms with van der Waals surface area (Å²) in [7, 11) is 0. The van der Waals surface area contributed by atoms with Crippen LogP contribution in [-0.4, -0.2) is 33.6 Å².